The molecular weight excluding hydrogens is 243 g/mol. The van der Waals surface area contributed by atoms with Crippen molar-refractivity contribution in [3.63, 3.8) is 0 Å². The van der Waals surface area contributed by atoms with E-state index in [0.717, 1.165) is 0 Å². The molecule has 0 aromatic rings. The van der Waals surface area contributed by atoms with Crippen molar-refractivity contribution < 1.29 is 18.6 Å². The molecule has 0 bridgehead atoms. The van der Waals surface area contributed by atoms with Crippen LogP contribution in [-0.2, 0) is 30.4 Å². The highest BCUT2D eigenvalue weighted by molar-refractivity contribution is 8.69. The second kappa shape index (κ2) is 6.58. The molecule has 0 fully saturated rings. The minimum absolute atomic E-state index is 0.413. The van der Waals surface area contributed by atoms with E-state index >= 15 is 0 Å². The van der Waals surface area contributed by atoms with Gasteiger partial charge in [0.25, 0.3) is 5.69 Å². The van der Waals surface area contributed by atoms with Gasteiger partial charge in [-0.3, -0.25) is 0 Å². The predicted octanol–water partition coefficient (Wildman–Crippen LogP) is 2.31. The third kappa shape index (κ3) is 5.12. The Labute approximate surface area is 92.9 Å². The van der Waals surface area contributed by atoms with Gasteiger partial charge in [-0.1, -0.05) is 0 Å². The molecule has 0 aromatic heterocycles. The molecule has 0 saturated heterocycles. The van der Waals surface area contributed by atoms with Gasteiger partial charge in [0.15, 0.2) is 0 Å². The fourth-order valence-electron chi connectivity index (χ4n) is 0.577. The number of esters is 1. The number of hydrogen-bond donors (Lipinski definition) is 0. The summed E-state index contributed by atoms with van der Waals surface area (Å²) in [6.45, 7) is 1.75. The first-order valence-corrected chi connectivity index (χ1v) is 7.70. The standard InChI is InChI=1S/C7H13O4PS2/c1-6(5-7(8)9-2)14-12(13,10-3)11-4/h5H,1-4H3. The molecule has 0 amide bonds. The van der Waals surface area contributed by atoms with Crippen LogP contribution in [0.25, 0.3) is 0 Å². The van der Waals surface area contributed by atoms with E-state index in [1.54, 1.807) is 6.92 Å². The van der Waals surface area contributed by atoms with Gasteiger partial charge < -0.3 is 13.8 Å². The fourth-order valence-corrected chi connectivity index (χ4v) is 4.10. The van der Waals surface area contributed by atoms with E-state index in [-0.39, 0.29) is 0 Å². The van der Waals surface area contributed by atoms with Gasteiger partial charge in [-0.05, 0) is 35.0 Å². The number of carbonyl (C=O) groups is 1. The number of hydrogen-bond acceptors (Lipinski definition) is 6. The topological polar surface area (TPSA) is 44.8 Å². The molecule has 0 N–H and O–H groups in total. The van der Waals surface area contributed by atoms with Crippen LogP contribution in [0.2, 0.25) is 0 Å². The predicted molar refractivity (Wildman–Crippen MR) is 61.7 cm³/mol. The maximum Gasteiger partial charge on any atom is 0.331 e. The Balaban J connectivity index is 4.44. The number of rotatable bonds is 5. The zero-order valence-corrected chi connectivity index (χ0v) is 11.0. The molecule has 0 aliphatic heterocycles. The lowest BCUT2D eigenvalue weighted by Crippen LogP contribution is -1.95. The maximum atomic E-state index is 10.9. The van der Waals surface area contributed by atoms with Crippen molar-refractivity contribution in [3.8, 4) is 0 Å². The molecule has 7 heteroatoms. The monoisotopic (exact) mass is 256 g/mol. The van der Waals surface area contributed by atoms with Gasteiger partial charge in [-0.25, -0.2) is 4.79 Å². The summed E-state index contributed by atoms with van der Waals surface area (Å²) in [5.74, 6) is -0.413. The molecule has 14 heavy (non-hydrogen) atoms. The molecule has 4 nitrogen and oxygen atoms in total. The lowest BCUT2D eigenvalue weighted by atomic mass is 10.5. The lowest BCUT2D eigenvalue weighted by molar-refractivity contribution is -0.134. The second-order valence-corrected chi connectivity index (χ2v) is 8.76. The minimum atomic E-state index is -2.33. The van der Waals surface area contributed by atoms with Gasteiger partial charge in [0.1, 0.15) is 0 Å². The van der Waals surface area contributed by atoms with E-state index in [0.29, 0.717) is 4.91 Å². The SMILES string of the molecule is COC(=O)C=C(C)SP(=S)(OC)OC. The van der Waals surface area contributed by atoms with Crippen molar-refractivity contribution in [3.05, 3.63) is 11.0 Å². The molecule has 0 heterocycles. The first kappa shape index (κ1) is 14.1. The molecule has 0 unspecified atom stereocenters. The van der Waals surface area contributed by atoms with Crippen molar-refractivity contribution in [2.45, 2.75) is 6.92 Å². The van der Waals surface area contributed by atoms with Crippen LogP contribution < -0.4 is 0 Å². The fraction of sp³-hybridized carbons (Fsp3) is 0.571. The van der Waals surface area contributed by atoms with Crippen LogP contribution in [0.15, 0.2) is 11.0 Å². The zero-order chi connectivity index (χ0) is 11.2. The summed E-state index contributed by atoms with van der Waals surface area (Å²) < 4.78 is 14.6. The molecule has 0 aliphatic carbocycles. The highest BCUT2D eigenvalue weighted by Gasteiger charge is 2.17. The Kier molecular flexibility index (Phi) is 6.64. The van der Waals surface area contributed by atoms with E-state index in [2.05, 4.69) is 4.74 Å². The molecule has 0 atom stereocenters. The molecule has 82 valence electrons. The normalized spacial score (nSPS) is 12.7. The third-order valence-corrected chi connectivity index (χ3v) is 6.74. The molecule has 0 radical (unpaired) electrons. The van der Waals surface area contributed by atoms with E-state index in [4.69, 9.17) is 20.9 Å². The lowest BCUT2D eigenvalue weighted by Gasteiger charge is -2.16. The first-order chi connectivity index (χ1) is 6.47. The van der Waals surface area contributed by atoms with Crippen LogP contribution in [0.1, 0.15) is 6.92 Å². The van der Waals surface area contributed by atoms with Crippen LogP contribution in [0.5, 0.6) is 0 Å². The summed E-state index contributed by atoms with van der Waals surface area (Å²) >= 11 is 6.34. The van der Waals surface area contributed by atoms with Crippen LogP contribution >= 0.6 is 17.1 Å². The van der Waals surface area contributed by atoms with Crippen molar-refractivity contribution in [2.75, 3.05) is 21.3 Å². The average Bonchev–Trinajstić information content (AvgIpc) is 2.17. The number of methoxy groups -OCH3 is 1. The third-order valence-electron chi connectivity index (χ3n) is 1.23. The minimum Gasteiger partial charge on any atom is -0.466 e. The van der Waals surface area contributed by atoms with Crippen molar-refractivity contribution in [1.82, 2.24) is 0 Å². The smallest absolute Gasteiger partial charge is 0.331 e. The van der Waals surface area contributed by atoms with Gasteiger partial charge in [0, 0.05) is 20.3 Å². The molecule has 0 aromatic carbocycles. The summed E-state index contributed by atoms with van der Waals surface area (Å²) in [6.07, 6.45) is 1.35. The Morgan fingerprint density at radius 1 is 1.36 bits per heavy atom. The number of carbonyl (C=O) groups excluding carboxylic acids is 1. The molecule has 0 saturated carbocycles. The van der Waals surface area contributed by atoms with Gasteiger partial charge in [-0.2, -0.15) is 0 Å². The average molecular weight is 256 g/mol. The highest BCUT2D eigenvalue weighted by atomic mass is 32.9. The van der Waals surface area contributed by atoms with E-state index in [9.17, 15) is 4.79 Å². The number of ether oxygens (including phenoxy) is 1. The highest BCUT2D eigenvalue weighted by Crippen LogP contribution is 2.62. The second-order valence-electron chi connectivity index (χ2n) is 2.18. The van der Waals surface area contributed by atoms with Gasteiger partial charge in [-0.15, -0.1) is 0 Å². The van der Waals surface area contributed by atoms with E-state index in [1.807, 2.05) is 0 Å². The van der Waals surface area contributed by atoms with Crippen molar-refractivity contribution in [1.29, 1.82) is 0 Å². The largest absolute Gasteiger partial charge is 0.466 e. The van der Waals surface area contributed by atoms with Crippen LogP contribution in [0, 0.1) is 0 Å². The zero-order valence-electron chi connectivity index (χ0n) is 8.47. The number of allylic oxidation sites excluding steroid dienone is 1. The first-order valence-electron chi connectivity index (χ1n) is 3.64. The molecule has 0 spiro atoms. The summed E-state index contributed by atoms with van der Waals surface area (Å²) in [4.78, 5) is 11.6. The van der Waals surface area contributed by atoms with Gasteiger partial charge >= 0.3 is 5.97 Å². The molecule has 0 rings (SSSR count). The van der Waals surface area contributed by atoms with Crippen molar-refractivity contribution in [2.24, 2.45) is 0 Å². The van der Waals surface area contributed by atoms with Crippen LogP contribution in [-0.4, -0.2) is 27.3 Å². The van der Waals surface area contributed by atoms with E-state index < -0.39 is 11.7 Å². The van der Waals surface area contributed by atoms with E-state index in [1.165, 1.54) is 38.8 Å². The Hall–Kier alpha value is 0.130. The molecule has 0 aliphatic rings. The van der Waals surface area contributed by atoms with Crippen LogP contribution in [0.4, 0.5) is 0 Å². The van der Waals surface area contributed by atoms with Gasteiger partial charge in [0.2, 0.25) is 0 Å². The van der Waals surface area contributed by atoms with Gasteiger partial charge in [0.05, 0.1) is 7.11 Å². The Bertz CT molecular complexity index is 269. The van der Waals surface area contributed by atoms with Crippen molar-refractivity contribution >= 4 is 34.9 Å². The Morgan fingerprint density at radius 3 is 2.21 bits per heavy atom. The quantitative estimate of drug-likeness (QED) is 0.427. The summed E-state index contributed by atoms with van der Waals surface area (Å²) in [5.41, 5.74) is -2.33. The summed E-state index contributed by atoms with van der Waals surface area (Å²) in [6, 6.07) is 0. The Morgan fingerprint density at radius 2 is 1.86 bits per heavy atom. The molecular formula is C7H13O4PS2. The van der Waals surface area contributed by atoms with Crippen LogP contribution in [0.3, 0.4) is 0 Å². The maximum absolute atomic E-state index is 10.9. The summed E-state index contributed by atoms with van der Waals surface area (Å²) in [7, 11) is 4.30. The summed E-state index contributed by atoms with van der Waals surface area (Å²) in [5, 5.41) is 0.